The van der Waals surface area contributed by atoms with Crippen molar-refractivity contribution < 1.29 is 74.2 Å². The molecule has 0 atom stereocenters. The number of hydrogen-bond acceptors (Lipinski definition) is 4. The first kappa shape index (κ1) is 28.6. The van der Waals surface area contributed by atoms with Crippen molar-refractivity contribution >= 4 is 10.1 Å². The molecule has 0 aliphatic heterocycles. The summed E-state index contributed by atoms with van der Waals surface area (Å²) < 4.78 is 38.2. The Hall–Kier alpha value is -0.414. The standard InChI is InChI=1S/C24H34O5S.K/c1-2-3-4-5-6-7-8-9-10-12-15-20-18-22(25)24(30(26,27)28)19-23(20)29-21-16-13-11-14-17-21;/h11,13-14,16-19,25H,2-10,12,15H2,1H3,(H,26,27,28);/q;+1/p-1. The maximum absolute atomic E-state index is 12.2. The van der Waals surface area contributed by atoms with E-state index in [4.69, 9.17) is 4.74 Å². The molecule has 31 heavy (non-hydrogen) atoms. The Morgan fingerprint density at radius 3 is 1.97 bits per heavy atom. The van der Waals surface area contributed by atoms with Crippen molar-refractivity contribution in [1.82, 2.24) is 0 Å². The summed E-state index contributed by atoms with van der Waals surface area (Å²) in [5.74, 6) is 0.131. The van der Waals surface area contributed by atoms with Crippen molar-refractivity contribution in [2.45, 2.75) is 82.4 Å². The molecule has 0 saturated heterocycles. The van der Waals surface area contributed by atoms with Gasteiger partial charge in [-0.3, -0.25) is 4.55 Å². The van der Waals surface area contributed by atoms with E-state index in [1.54, 1.807) is 12.1 Å². The average Bonchev–Trinajstić information content (AvgIpc) is 2.71. The second kappa shape index (κ2) is 15.4. The number of benzene rings is 2. The second-order valence-corrected chi connectivity index (χ2v) is 9.12. The Bertz CT molecular complexity index is 869. The van der Waals surface area contributed by atoms with E-state index in [2.05, 4.69) is 6.92 Å². The number of unbranched alkanes of at least 4 members (excludes halogenated alkanes) is 9. The fourth-order valence-corrected chi connectivity index (χ4v) is 4.06. The van der Waals surface area contributed by atoms with Gasteiger partial charge >= 0.3 is 51.4 Å². The first-order valence-electron chi connectivity index (χ1n) is 11.0. The van der Waals surface area contributed by atoms with E-state index in [0.29, 0.717) is 23.5 Å². The van der Waals surface area contributed by atoms with Gasteiger partial charge < -0.3 is 9.84 Å². The normalized spacial score (nSPS) is 11.2. The van der Waals surface area contributed by atoms with Crippen LogP contribution in [0.15, 0.2) is 47.4 Å². The van der Waals surface area contributed by atoms with Crippen molar-refractivity contribution in [3.8, 4) is 17.2 Å². The predicted octanol–water partition coefficient (Wildman–Crippen LogP) is 3.27. The van der Waals surface area contributed by atoms with Crippen LogP contribution >= 0.6 is 0 Å². The molecule has 0 aliphatic rings. The molecule has 0 spiro atoms. The second-order valence-electron chi connectivity index (χ2n) is 7.73. The van der Waals surface area contributed by atoms with Gasteiger partial charge in [0.2, 0.25) is 0 Å². The molecule has 0 radical (unpaired) electrons. The Kier molecular flexibility index (Phi) is 14.2. The molecule has 7 heteroatoms. The molecule has 2 aromatic rings. The zero-order valence-electron chi connectivity index (χ0n) is 18.8. The van der Waals surface area contributed by atoms with Gasteiger partial charge in [0, 0.05) is 6.07 Å². The van der Waals surface area contributed by atoms with Crippen LogP contribution < -0.4 is 61.2 Å². The van der Waals surface area contributed by atoms with Crippen LogP contribution in [0.1, 0.15) is 76.7 Å². The number of para-hydroxylation sites is 1. The number of hydrogen-bond donors (Lipinski definition) is 1. The predicted molar refractivity (Wildman–Crippen MR) is 118 cm³/mol. The van der Waals surface area contributed by atoms with E-state index in [9.17, 15) is 18.1 Å². The number of aryl methyl sites for hydroxylation is 1. The Labute approximate surface area is 229 Å². The molecule has 1 N–H and O–H groups in total. The molecule has 0 fully saturated rings. The Morgan fingerprint density at radius 2 is 1.42 bits per heavy atom. The molecular formula is C24H33KO5S. The third-order valence-corrected chi connectivity index (χ3v) is 6.05. The molecule has 0 aliphatic carbocycles. The van der Waals surface area contributed by atoms with E-state index < -0.39 is 20.8 Å². The third kappa shape index (κ3) is 10.8. The zero-order chi connectivity index (χ0) is 21.8. The minimum atomic E-state index is -4.60. The summed E-state index contributed by atoms with van der Waals surface area (Å²) in [5, 5.41) is 12.2. The minimum absolute atomic E-state index is 0. The number of rotatable bonds is 14. The number of ether oxygens (including phenoxy) is 1. The van der Waals surface area contributed by atoms with Crippen molar-refractivity contribution in [2.75, 3.05) is 0 Å². The van der Waals surface area contributed by atoms with Gasteiger partial charge in [0.25, 0.3) is 10.1 Å². The molecule has 0 amide bonds. The van der Waals surface area contributed by atoms with Crippen molar-refractivity contribution in [3.63, 3.8) is 0 Å². The monoisotopic (exact) mass is 472 g/mol. The molecule has 166 valence electrons. The van der Waals surface area contributed by atoms with Gasteiger partial charge in [-0.2, -0.15) is 8.42 Å². The van der Waals surface area contributed by atoms with Crippen LogP contribution in [0.4, 0.5) is 0 Å². The molecule has 0 bridgehead atoms. The molecule has 2 rings (SSSR count). The van der Waals surface area contributed by atoms with E-state index in [1.165, 1.54) is 51.0 Å². The Morgan fingerprint density at radius 1 is 0.871 bits per heavy atom. The summed E-state index contributed by atoms with van der Waals surface area (Å²) in [6.07, 6.45) is 12.7. The van der Waals surface area contributed by atoms with Gasteiger partial charge in [-0.1, -0.05) is 94.7 Å². The average molecular weight is 473 g/mol. The maximum atomic E-state index is 12.2. The van der Waals surface area contributed by atoms with Crippen LogP contribution in [-0.2, 0) is 16.5 Å². The summed E-state index contributed by atoms with van der Waals surface area (Å²) in [5.41, 5.74) is 0.663. The van der Waals surface area contributed by atoms with Crippen molar-refractivity contribution in [2.24, 2.45) is 0 Å². The Balaban J connectivity index is 0.00000480. The zero-order valence-corrected chi connectivity index (χ0v) is 22.7. The van der Waals surface area contributed by atoms with Crippen LogP contribution in [0, 0.1) is 0 Å². The molecule has 0 saturated carbocycles. The third-order valence-electron chi connectivity index (χ3n) is 5.18. The van der Waals surface area contributed by atoms with Gasteiger partial charge in [0.15, 0.2) is 0 Å². The molecule has 0 heterocycles. The fraction of sp³-hybridized carbons (Fsp3) is 0.500. The molecule has 0 aromatic heterocycles. The minimum Gasteiger partial charge on any atom is -0.872 e. The van der Waals surface area contributed by atoms with Crippen LogP contribution in [0.5, 0.6) is 17.2 Å². The van der Waals surface area contributed by atoms with E-state index >= 15 is 0 Å². The van der Waals surface area contributed by atoms with Gasteiger partial charge in [0.1, 0.15) is 11.5 Å². The van der Waals surface area contributed by atoms with Crippen LogP contribution in [0.3, 0.4) is 0 Å². The van der Waals surface area contributed by atoms with E-state index in [1.807, 2.05) is 18.2 Å². The SMILES string of the molecule is CCCCCCCCCCCCc1cc([O-])c(S(=O)(=O)O)cc1Oc1ccccc1.[K+]. The first-order chi connectivity index (χ1) is 14.4. The first-order valence-corrected chi connectivity index (χ1v) is 12.4. The summed E-state index contributed by atoms with van der Waals surface area (Å²) >= 11 is 0. The largest absolute Gasteiger partial charge is 1.00 e. The van der Waals surface area contributed by atoms with Crippen LogP contribution in [0.2, 0.25) is 0 Å². The van der Waals surface area contributed by atoms with E-state index in [-0.39, 0.29) is 51.4 Å². The smallest absolute Gasteiger partial charge is 0.872 e. The van der Waals surface area contributed by atoms with E-state index in [0.717, 1.165) is 25.3 Å². The summed E-state index contributed by atoms with van der Waals surface area (Å²) in [7, 11) is -4.60. The summed E-state index contributed by atoms with van der Waals surface area (Å²) in [4.78, 5) is -0.653. The van der Waals surface area contributed by atoms with Crippen LogP contribution in [-0.4, -0.2) is 13.0 Å². The quantitative estimate of drug-likeness (QED) is 0.259. The summed E-state index contributed by atoms with van der Waals surface area (Å²) in [6.45, 7) is 2.22. The van der Waals surface area contributed by atoms with Crippen LogP contribution in [0.25, 0.3) is 0 Å². The molecular weight excluding hydrogens is 439 g/mol. The topological polar surface area (TPSA) is 86.7 Å². The molecule has 2 aromatic carbocycles. The maximum Gasteiger partial charge on any atom is 1.00 e. The van der Waals surface area contributed by atoms with Gasteiger partial charge in [-0.25, -0.2) is 0 Å². The summed E-state index contributed by atoms with van der Waals surface area (Å²) in [6, 6.07) is 11.4. The van der Waals surface area contributed by atoms with Crippen molar-refractivity contribution in [1.29, 1.82) is 0 Å². The fourth-order valence-electron chi connectivity index (χ4n) is 3.49. The van der Waals surface area contributed by atoms with Gasteiger partial charge in [-0.15, -0.1) is 0 Å². The molecule has 5 nitrogen and oxygen atoms in total. The van der Waals surface area contributed by atoms with Crippen molar-refractivity contribution in [3.05, 3.63) is 48.0 Å². The molecule has 0 unspecified atom stereocenters. The van der Waals surface area contributed by atoms with Gasteiger partial charge in [-0.05, 0) is 30.5 Å². The van der Waals surface area contributed by atoms with Gasteiger partial charge in [0.05, 0.1) is 4.90 Å².